The quantitative estimate of drug-likeness (QED) is 0.485. The molecule has 2 aromatic rings. The summed E-state index contributed by atoms with van der Waals surface area (Å²) in [6, 6.07) is 19.8. The third kappa shape index (κ3) is 6.39. The first-order valence-corrected chi connectivity index (χ1v) is 11.5. The van der Waals surface area contributed by atoms with E-state index in [0.717, 1.165) is 17.4 Å². The van der Waals surface area contributed by atoms with Crippen molar-refractivity contribution in [1.29, 1.82) is 0 Å². The highest BCUT2D eigenvalue weighted by molar-refractivity contribution is 7.86. The van der Waals surface area contributed by atoms with Crippen LogP contribution in [0.25, 0.3) is 0 Å². The second kappa shape index (κ2) is 9.52. The van der Waals surface area contributed by atoms with E-state index in [4.69, 9.17) is 8.92 Å². The summed E-state index contributed by atoms with van der Waals surface area (Å²) in [5, 5.41) is 0. The first-order chi connectivity index (χ1) is 13.8. The molecule has 1 aliphatic rings. The van der Waals surface area contributed by atoms with E-state index >= 15 is 0 Å². The van der Waals surface area contributed by atoms with E-state index in [1.54, 1.807) is 0 Å². The molecule has 0 heterocycles. The van der Waals surface area contributed by atoms with E-state index in [1.807, 2.05) is 60.7 Å². The zero-order valence-corrected chi connectivity index (χ0v) is 17.5. The van der Waals surface area contributed by atoms with Crippen molar-refractivity contribution in [3.05, 3.63) is 71.8 Å². The molecule has 1 aliphatic carbocycles. The van der Waals surface area contributed by atoms with Gasteiger partial charge in [0.1, 0.15) is 12.2 Å². The average molecular weight is 418 g/mol. The van der Waals surface area contributed by atoms with E-state index in [1.165, 1.54) is 6.92 Å². The molecular weight excluding hydrogens is 390 g/mol. The predicted octanol–water partition coefficient (Wildman–Crippen LogP) is 3.13. The maximum Gasteiger partial charge on any atom is 0.302 e. The SMILES string of the molecule is CC(=O)O[C@@H]1CC[C@@H](N(Cc2ccccc2)Cc2ccccc2)[C@H]1OS(C)(=O)=O. The lowest BCUT2D eigenvalue weighted by Gasteiger charge is -2.33. The number of nitrogens with zero attached hydrogens (tertiary/aromatic N) is 1. The van der Waals surface area contributed by atoms with Crippen LogP contribution < -0.4 is 0 Å². The molecule has 1 saturated carbocycles. The number of benzene rings is 2. The van der Waals surface area contributed by atoms with E-state index in [2.05, 4.69) is 4.90 Å². The molecule has 156 valence electrons. The van der Waals surface area contributed by atoms with Crippen LogP contribution in [0.4, 0.5) is 0 Å². The molecule has 0 aliphatic heterocycles. The van der Waals surface area contributed by atoms with E-state index < -0.39 is 28.3 Å². The van der Waals surface area contributed by atoms with Gasteiger partial charge in [-0.1, -0.05) is 60.7 Å². The Morgan fingerprint density at radius 3 is 1.93 bits per heavy atom. The van der Waals surface area contributed by atoms with Crippen molar-refractivity contribution >= 4 is 16.1 Å². The first-order valence-electron chi connectivity index (χ1n) is 9.69. The Bertz CT molecular complexity index is 860. The van der Waals surface area contributed by atoms with Crippen LogP contribution in [0.5, 0.6) is 0 Å². The number of carbonyl (C=O) groups is 1. The number of rotatable bonds is 8. The van der Waals surface area contributed by atoms with Gasteiger partial charge in [-0.05, 0) is 24.0 Å². The molecular formula is C22H27NO5S. The first kappa shape index (κ1) is 21.5. The summed E-state index contributed by atoms with van der Waals surface area (Å²) in [5.41, 5.74) is 2.25. The summed E-state index contributed by atoms with van der Waals surface area (Å²) in [6.45, 7) is 2.60. The molecule has 3 rings (SSSR count). The second-order valence-electron chi connectivity index (χ2n) is 7.43. The van der Waals surface area contributed by atoms with Crippen LogP contribution in [-0.2, 0) is 36.9 Å². The van der Waals surface area contributed by atoms with Crippen LogP contribution in [0.3, 0.4) is 0 Å². The van der Waals surface area contributed by atoms with Gasteiger partial charge in [0.2, 0.25) is 0 Å². The zero-order chi connectivity index (χ0) is 20.9. The van der Waals surface area contributed by atoms with Crippen LogP contribution in [0.15, 0.2) is 60.7 Å². The molecule has 0 radical (unpaired) electrons. The highest BCUT2D eigenvalue weighted by Gasteiger charge is 2.44. The largest absolute Gasteiger partial charge is 0.460 e. The topological polar surface area (TPSA) is 72.9 Å². The minimum absolute atomic E-state index is 0.200. The maximum absolute atomic E-state index is 11.9. The third-order valence-corrected chi connectivity index (χ3v) is 5.59. The van der Waals surface area contributed by atoms with Crippen LogP contribution in [-0.4, -0.2) is 43.8 Å². The van der Waals surface area contributed by atoms with Crippen molar-refractivity contribution in [3.63, 3.8) is 0 Å². The summed E-state index contributed by atoms with van der Waals surface area (Å²) in [5.74, 6) is -0.435. The maximum atomic E-state index is 11.9. The Kier molecular flexibility index (Phi) is 7.05. The molecule has 29 heavy (non-hydrogen) atoms. The molecule has 0 aromatic heterocycles. The van der Waals surface area contributed by atoms with Gasteiger partial charge in [-0.25, -0.2) is 0 Å². The predicted molar refractivity (Wildman–Crippen MR) is 110 cm³/mol. The van der Waals surface area contributed by atoms with Gasteiger partial charge < -0.3 is 4.74 Å². The second-order valence-corrected chi connectivity index (χ2v) is 9.03. The monoisotopic (exact) mass is 417 g/mol. The number of esters is 1. The van der Waals surface area contributed by atoms with Crippen molar-refractivity contribution in [1.82, 2.24) is 4.90 Å². The van der Waals surface area contributed by atoms with Gasteiger partial charge in [0.15, 0.2) is 0 Å². The average Bonchev–Trinajstić information content (AvgIpc) is 3.03. The Hall–Kier alpha value is -2.22. The normalized spacial score (nSPS) is 22.0. The van der Waals surface area contributed by atoms with E-state index in [9.17, 15) is 13.2 Å². The highest BCUT2D eigenvalue weighted by atomic mass is 32.2. The lowest BCUT2D eigenvalue weighted by Crippen LogP contribution is -2.45. The molecule has 1 fully saturated rings. The van der Waals surface area contributed by atoms with Gasteiger partial charge in [0.05, 0.1) is 6.26 Å². The summed E-state index contributed by atoms with van der Waals surface area (Å²) in [7, 11) is -3.71. The standard InChI is InChI=1S/C22H27NO5S/c1-17(24)27-21-14-13-20(22(21)28-29(2,25)26)23(15-18-9-5-3-6-10-18)16-19-11-7-4-8-12-19/h3-12,20-22H,13-16H2,1-2H3/t20-,21-,22-/m1/s1. The molecule has 0 N–H and O–H groups in total. The van der Waals surface area contributed by atoms with E-state index in [0.29, 0.717) is 25.9 Å². The van der Waals surface area contributed by atoms with Crippen molar-refractivity contribution in [2.75, 3.05) is 6.26 Å². The fourth-order valence-corrected chi connectivity index (χ4v) is 4.55. The molecule has 0 spiro atoms. The van der Waals surface area contributed by atoms with Gasteiger partial charge in [-0.3, -0.25) is 13.9 Å². The van der Waals surface area contributed by atoms with Crippen LogP contribution in [0.2, 0.25) is 0 Å². The summed E-state index contributed by atoms with van der Waals surface area (Å²) in [4.78, 5) is 13.7. The lowest BCUT2D eigenvalue weighted by atomic mass is 10.1. The Labute approximate surface area is 172 Å². The molecule has 3 atom stereocenters. The highest BCUT2D eigenvalue weighted by Crippen LogP contribution is 2.32. The van der Waals surface area contributed by atoms with Gasteiger partial charge >= 0.3 is 5.97 Å². The fraction of sp³-hybridized carbons (Fsp3) is 0.409. The summed E-state index contributed by atoms with van der Waals surface area (Å²) < 4.78 is 34.7. The molecule has 6 nitrogen and oxygen atoms in total. The molecule has 2 aromatic carbocycles. The van der Waals surface area contributed by atoms with Crippen molar-refractivity contribution in [2.24, 2.45) is 0 Å². The van der Waals surface area contributed by atoms with Gasteiger partial charge in [-0.15, -0.1) is 0 Å². The number of hydrogen-bond acceptors (Lipinski definition) is 6. The number of carbonyl (C=O) groups excluding carboxylic acids is 1. The molecule has 0 amide bonds. The van der Waals surface area contributed by atoms with Crippen LogP contribution in [0, 0.1) is 0 Å². The molecule has 0 bridgehead atoms. The van der Waals surface area contributed by atoms with Crippen LogP contribution in [0.1, 0.15) is 30.9 Å². The molecule has 0 saturated heterocycles. The minimum Gasteiger partial charge on any atom is -0.460 e. The van der Waals surface area contributed by atoms with Gasteiger partial charge in [0, 0.05) is 26.1 Å². The number of hydrogen-bond donors (Lipinski definition) is 0. The number of ether oxygens (including phenoxy) is 1. The van der Waals surface area contributed by atoms with E-state index in [-0.39, 0.29) is 6.04 Å². The Morgan fingerprint density at radius 1 is 0.966 bits per heavy atom. The minimum atomic E-state index is -3.71. The van der Waals surface area contributed by atoms with Crippen molar-refractivity contribution in [2.45, 2.75) is 51.1 Å². The van der Waals surface area contributed by atoms with Crippen LogP contribution >= 0.6 is 0 Å². The van der Waals surface area contributed by atoms with Gasteiger partial charge in [-0.2, -0.15) is 8.42 Å². The molecule has 0 unspecified atom stereocenters. The van der Waals surface area contributed by atoms with Gasteiger partial charge in [0.25, 0.3) is 10.1 Å². The Morgan fingerprint density at radius 2 is 1.48 bits per heavy atom. The smallest absolute Gasteiger partial charge is 0.302 e. The fourth-order valence-electron chi connectivity index (χ4n) is 3.90. The zero-order valence-electron chi connectivity index (χ0n) is 16.7. The summed E-state index contributed by atoms with van der Waals surface area (Å²) in [6.07, 6.45) is 0.955. The third-order valence-electron chi connectivity index (χ3n) is 5.02. The van der Waals surface area contributed by atoms with Crippen molar-refractivity contribution < 1.29 is 22.1 Å². The lowest BCUT2D eigenvalue weighted by molar-refractivity contribution is -0.150. The molecule has 7 heteroatoms. The summed E-state index contributed by atoms with van der Waals surface area (Å²) >= 11 is 0. The van der Waals surface area contributed by atoms with Crippen molar-refractivity contribution in [3.8, 4) is 0 Å². The Balaban J connectivity index is 1.89.